The minimum atomic E-state index is -2.35. The summed E-state index contributed by atoms with van der Waals surface area (Å²) in [5.41, 5.74) is 0.937. The van der Waals surface area contributed by atoms with Gasteiger partial charge < -0.3 is 14.8 Å². The molecule has 26 heavy (non-hydrogen) atoms. The molecular weight excluding hydrogens is 340 g/mol. The summed E-state index contributed by atoms with van der Waals surface area (Å²) in [6.45, 7) is 1.53. The molecule has 0 spiro atoms. The maximum absolute atomic E-state index is 12.7. The van der Waals surface area contributed by atoms with Crippen molar-refractivity contribution in [1.29, 1.82) is 0 Å². The van der Waals surface area contributed by atoms with E-state index >= 15 is 0 Å². The number of urea groups is 1. The summed E-state index contributed by atoms with van der Waals surface area (Å²) in [4.78, 5) is 20.5. The van der Waals surface area contributed by atoms with Gasteiger partial charge in [-0.15, -0.1) is 0 Å². The van der Waals surface area contributed by atoms with Gasteiger partial charge in [0.15, 0.2) is 0 Å². The molecule has 1 aromatic carbocycles. The first-order valence-electron chi connectivity index (χ1n) is 8.62. The van der Waals surface area contributed by atoms with Crippen LogP contribution in [0.15, 0.2) is 42.7 Å². The Bertz CT molecular complexity index is 713. The number of imidazole rings is 1. The van der Waals surface area contributed by atoms with E-state index in [1.165, 1.54) is 0 Å². The number of alkyl halides is 2. The van der Waals surface area contributed by atoms with Crippen LogP contribution in [-0.2, 0) is 7.05 Å². The van der Waals surface area contributed by atoms with Crippen LogP contribution in [0, 0.1) is 0 Å². The number of aryl methyl sites for hydroxylation is 1. The Morgan fingerprint density at radius 2 is 1.88 bits per heavy atom. The van der Waals surface area contributed by atoms with Crippen LogP contribution in [0.4, 0.5) is 13.6 Å². The summed E-state index contributed by atoms with van der Waals surface area (Å²) < 4.78 is 26.8. The van der Waals surface area contributed by atoms with Crippen LogP contribution in [0.2, 0.25) is 0 Å². The average Bonchev–Trinajstić information content (AvgIpc) is 3.06. The van der Waals surface area contributed by atoms with Gasteiger partial charge >= 0.3 is 6.03 Å². The van der Waals surface area contributed by atoms with Gasteiger partial charge in [-0.1, -0.05) is 30.3 Å². The van der Waals surface area contributed by atoms with E-state index in [0.717, 1.165) is 11.4 Å². The van der Waals surface area contributed by atoms with Gasteiger partial charge in [-0.3, -0.25) is 4.90 Å². The van der Waals surface area contributed by atoms with E-state index in [9.17, 15) is 13.6 Å². The Hall–Kier alpha value is -2.48. The molecule has 1 N–H and O–H groups in total. The number of benzene rings is 1. The zero-order valence-corrected chi connectivity index (χ0v) is 14.7. The molecule has 1 fully saturated rings. The second-order valence-corrected chi connectivity index (χ2v) is 6.37. The molecular formula is C18H23F2N5O. The van der Waals surface area contributed by atoms with Gasteiger partial charge in [0.05, 0.1) is 6.54 Å². The van der Waals surface area contributed by atoms with Crippen molar-refractivity contribution in [3.8, 4) is 0 Å². The maximum Gasteiger partial charge on any atom is 0.318 e. The SMILES string of the molecule is Cn1ccnc1C(NC(=O)N1CCN(CC(F)F)CC1)c1ccccc1. The van der Waals surface area contributed by atoms with Crippen molar-refractivity contribution in [2.45, 2.75) is 12.5 Å². The van der Waals surface area contributed by atoms with E-state index in [0.29, 0.717) is 26.2 Å². The van der Waals surface area contributed by atoms with Gasteiger partial charge in [0.1, 0.15) is 11.9 Å². The Morgan fingerprint density at radius 1 is 1.19 bits per heavy atom. The van der Waals surface area contributed by atoms with E-state index in [2.05, 4.69) is 10.3 Å². The lowest BCUT2D eigenvalue weighted by Crippen LogP contribution is -2.53. The lowest BCUT2D eigenvalue weighted by atomic mass is 10.1. The summed E-state index contributed by atoms with van der Waals surface area (Å²) in [6, 6.07) is 9.06. The van der Waals surface area contributed by atoms with Gasteiger partial charge in [0, 0.05) is 45.6 Å². The smallest absolute Gasteiger partial charge is 0.318 e. The maximum atomic E-state index is 12.7. The highest BCUT2D eigenvalue weighted by Gasteiger charge is 2.26. The molecule has 2 heterocycles. The van der Waals surface area contributed by atoms with E-state index < -0.39 is 6.43 Å². The summed E-state index contributed by atoms with van der Waals surface area (Å²) in [6.07, 6.45) is 1.18. The third-order valence-electron chi connectivity index (χ3n) is 4.57. The number of hydrogen-bond acceptors (Lipinski definition) is 3. The first kappa shape index (κ1) is 18.3. The minimum absolute atomic E-state index is 0.210. The summed E-state index contributed by atoms with van der Waals surface area (Å²) >= 11 is 0. The van der Waals surface area contributed by atoms with E-state index in [1.54, 1.807) is 16.0 Å². The first-order chi connectivity index (χ1) is 12.5. The highest BCUT2D eigenvalue weighted by molar-refractivity contribution is 5.75. The second kappa shape index (κ2) is 8.27. The van der Waals surface area contributed by atoms with Crippen LogP contribution in [0.25, 0.3) is 0 Å². The van der Waals surface area contributed by atoms with Gasteiger partial charge in [-0.25, -0.2) is 18.6 Å². The molecule has 0 saturated carbocycles. The van der Waals surface area contributed by atoms with Gasteiger partial charge in [-0.2, -0.15) is 0 Å². The average molecular weight is 363 g/mol. The molecule has 6 nitrogen and oxygen atoms in total. The van der Waals surface area contributed by atoms with Crippen molar-refractivity contribution >= 4 is 6.03 Å². The van der Waals surface area contributed by atoms with Crippen molar-refractivity contribution in [3.05, 3.63) is 54.1 Å². The highest BCUT2D eigenvalue weighted by Crippen LogP contribution is 2.20. The highest BCUT2D eigenvalue weighted by atomic mass is 19.3. The van der Waals surface area contributed by atoms with Crippen molar-refractivity contribution in [3.63, 3.8) is 0 Å². The molecule has 1 aliphatic rings. The van der Waals surface area contributed by atoms with Crippen molar-refractivity contribution in [1.82, 2.24) is 24.7 Å². The summed E-state index contributed by atoms with van der Waals surface area (Å²) in [5, 5.41) is 3.04. The van der Waals surface area contributed by atoms with Gasteiger partial charge in [-0.05, 0) is 5.56 Å². The molecule has 0 radical (unpaired) electrons. The van der Waals surface area contributed by atoms with Gasteiger partial charge in [0.2, 0.25) is 0 Å². The summed E-state index contributed by atoms with van der Waals surface area (Å²) in [5.74, 6) is 0.737. The molecule has 8 heteroatoms. The molecule has 0 aliphatic carbocycles. The molecule has 1 unspecified atom stereocenters. The normalized spacial score (nSPS) is 16.7. The first-order valence-corrected chi connectivity index (χ1v) is 8.62. The van der Waals surface area contributed by atoms with E-state index in [1.807, 2.05) is 48.1 Å². The van der Waals surface area contributed by atoms with Crippen molar-refractivity contribution < 1.29 is 13.6 Å². The van der Waals surface area contributed by atoms with Crippen LogP contribution in [0.5, 0.6) is 0 Å². The Kier molecular flexibility index (Phi) is 5.82. The molecule has 1 aliphatic heterocycles. The van der Waals surface area contributed by atoms with E-state index in [4.69, 9.17) is 0 Å². The number of amides is 2. The zero-order chi connectivity index (χ0) is 18.5. The number of nitrogens with one attached hydrogen (secondary N) is 1. The number of hydrogen-bond donors (Lipinski definition) is 1. The zero-order valence-electron chi connectivity index (χ0n) is 14.7. The lowest BCUT2D eigenvalue weighted by Gasteiger charge is -2.35. The van der Waals surface area contributed by atoms with Gasteiger partial charge in [0.25, 0.3) is 6.43 Å². The largest absolute Gasteiger partial charge is 0.336 e. The minimum Gasteiger partial charge on any atom is -0.336 e. The Balaban J connectivity index is 1.68. The Morgan fingerprint density at radius 3 is 2.46 bits per heavy atom. The standard InChI is InChI=1S/C18H23F2N5O/c1-23-8-7-21-17(23)16(14-5-3-2-4-6-14)22-18(26)25-11-9-24(10-12-25)13-15(19)20/h2-8,15-16H,9-13H2,1H3,(H,22,26). The molecule has 1 aromatic heterocycles. The molecule has 1 atom stereocenters. The van der Waals surface area contributed by atoms with Crippen LogP contribution in [-0.4, -0.2) is 64.5 Å². The molecule has 140 valence electrons. The van der Waals surface area contributed by atoms with Crippen LogP contribution >= 0.6 is 0 Å². The lowest BCUT2D eigenvalue weighted by molar-refractivity contribution is 0.0634. The summed E-state index contributed by atoms with van der Waals surface area (Å²) in [7, 11) is 1.88. The van der Waals surface area contributed by atoms with Crippen LogP contribution in [0.3, 0.4) is 0 Å². The number of nitrogens with zero attached hydrogens (tertiary/aromatic N) is 4. The second-order valence-electron chi connectivity index (χ2n) is 6.37. The number of rotatable bonds is 5. The quantitative estimate of drug-likeness (QED) is 0.885. The fourth-order valence-corrected chi connectivity index (χ4v) is 3.14. The number of halogens is 2. The fraction of sp³-hybridized carbons (Fsp3) is 0.444. The molecule has 2 aromatic rings. The number of carbonyl (C=O) groups excluding carboxylic acids is 1. The third-order valence-corrected chi connectivity index (χ3v) is 4.57. The molecule has 1 saturated heterocycles. The third kappa shape index (κ3) is 4.37. The number of aromatic nitrogens is 2. The van der Waals surface area contributed by atoms with Crippen LogP contribution < -0.4 is 5.32 Å². The molecule has 2 amide bonds. The predicted molar refractivity (Wildman–Crippen MR) is 94.0 cm³/mol. The number of piperazine rings is 1. The topological polar surface area (TPSA) is 53.4 Å². The monoisotopic (exact) mass is 363 g/mol. The van der Waals surface area contributed by atoms with Crippen molar-refractivity contribution in [2.24, 2.45) is 7.05 Å². The fourth-order valence-electron chi connectivity index (χ4n) is 3.14. The number of carbonyl (C=O) groups is 1. The predicted octanol–water partition coefficient (Wildman–Crippen LogP) is 2.10. The van der Waals surface area contributed by atoms with Crippen molar-refractivity contribution in [2.75, 3.05) is 32.7 Å². The van der Waals surface area contributed by atoms with E-state index in [-0.39, 0.29) is 18.6 Å². The molecule has 3 rings (SSSR count). The van der Waals surface area contributed by atoms with Crippen LogP contribution in [0.1, 0.15) is 17.4 Å². The Labute approximate surface area is 151 Å². The molecule has 0 bridgehead atoms.